The Balaban J connectivity index is 0.000000199. The fourth-order valence-electron chi connectivity index (χ4n) is 2.20. The summed E-state index contributed by atoms with van der Waals surface area (Å²) in [5, 5.41) is 2.45. The van der Waals surface area contributed by atoms with Crippen LogP contribution in [0.1, 0.15) is 27.7 Å². The number of aromatic nitrogens is 4. The largest absolute Gasteiger partial charge is 0.349 e. The number of hydrogen-bond donors (Lipinski definition) is 0. The van der Waals surface area contributed by atoms with Gasteiger partial charge in [0, 0.05) is 49.7 Å². The maximum Gasteiger partial charge on any atom is 0.139 e. The summed E-state index contributed by atoms with van der Waals surface area (Å²) in [6.07, 6.45) is 9.53. The molecule has 0 amide bonds. The summed E-state index contributed by atoms with van der Waals surface area (Å²) in [6, 6.07) is 10.2. The first-order valence-corrected chi connectivity index (χ1v) is 8.47. The van der Waals surface area contributed by atoms with Crippen molar-refractivity contribution in [1.29, 1.82) is 0 Å². The monoisotopic (exact) mass is 324 g/mol. The lowest BCUT2D eigenvalue weighted by molar-refractivity contribution is 0.948. The van der Waals surface area contributed by atoms with Crippen molar-refractivity contribution in [3.05, 3.63) is 61.3 Å². The van der Waals surface area contributed by atoms with Gasteiger partial charge in [0.15, 0.2) is 0 Å². The Morgan fingerprint density at radius 2 is 1.42 bits per heavy atom. The van der Waals surface area contributed by atoms with E-state index in [0.29, 0.717) is 0 Å². The third-order valence-corrected chi connectivity index (χ3v) is 3.32. The van der Waals surface area contributed by atoms with Crippen LogP contribution in [0.5, 0.6) is 0 Å². The summed E-state index contributed by atoms with van der Waals surface area (Å²) in [5.74, 6) is 0. The molecule has 4 aromatic rings. The fraction of sp³-hybridized carbons (Fsp3) is 0.300. The van der Waals surface area contributed by atoms with E-state index in [4.69, 9.17) is 0 Å². The predicted molar refractivity (Wildman–Crippen MR) is 104 cm³/mol. The van der Waals surface area contributed by atoms with Gasteiger partial charge in [-0.1, -0.05) is 27.7 Å². The van der Waals surface area contributed by atoms with Crippen LogP contribution in [-0.2, 0) is 14.1 Å². The number of aryl methyl sites for hydroxylation is 2. The van der Waals surface area contributed by atoms with Crippen LogP contribution in [0.3, 0.4) is 0 Å². The van der Waals surface area contributed by atoms with Gasteiger partial charge in [0.2, 0.25) is 0 Å². The highest BCUT2D eigenvalue weighted by atomic mass is 15.0. The highest BCUT2D eigenvalue weighted by Gasteiger charge is 1.94. The van der Waals surface area contributed by atoms with Gasteiger partial charge in [0.25, 0.3) is 0 Å². The quantitative estimate of drug-likeness (QED) is 0.446. The van der Waals surface area contributed by atoms with Crippen molar-refractivity contribution in [3.63, 3.8) is 0 Å². The van der Waals surface area contributed by atoms with Crippen molar-refractivity contribution in [2.45, 2.75) is 27.7 Å². The summed E-state index contributed by atoms with van der Waals surface area (Å²) in [4.78, 5) is 8.23. The molecule has 0 atom stereocenters. The lowest BCUT2D eigenvalue weighted by atomic mass is 10.3. The van der Waals surface area contributed by atoms with E-state index in [-0.39, 0.29) is 0 Å². The highest BCUT2D eigenvalue weighted by Crippen LogP contribution is 2.11. The molecule has 4 rings (SSSR count). The maximum atomic E-state index is 4.20. The predicted octanol–water partition coefficient (Wildman–Crippen LogP) is 5.20. The molecule has 4 heteroatoms. The second-order valence-electron chi connectivity index (χ2n) is 4.70. The Morgan fingerprint density at radius 3 is 2.08 bits per heavy atom. The molecule has 4 heterocycles. The highest BCUT2D eigenvalue weighted by molar-refractivity contribution is 5.78. The topological polar surface area (TPSA) is 35.6 Å². The Morgan fingerprint density at radius 1 is 0.750 bits per heavy atom. The molecule has 0 aliphatic heterocycles. The normalized spacial score (nSPS) is 9.25. The molecule has 4 aromatic heterocycles. The maximum absolute atomic E-state index is 4.20. The number of hydrogen-bond acceptors (Lipinski definition) is 2. The summed E-state index contributed by atoms with van der Waals surface area (Å²) in [5.41, 5.74) is 2.23. The minimum absolute atomic E-state index is 1.04. The van der Waals surface area contributed by atoms with Gasteiger partial charge < -0.3 is 9.13 Å². The summed E-state index contributed by atoms with van der Waals surface area (Å²) in [6.45, 7) is 8.00. The molecule has 0 saturated heterocycles. The average Bonchev–Trinajstić information content (AvgIpc) is 3.23. The van der Waals surface area contributed by atoms with Crippen molar-refractivity contribution >= 4 is 21.9 Å². The molecule has 0 saturated carbocycles. The fourth-order valence-corrected chi connectivity index (χ4v) is 2.20. The van der Waals surface area contributed by atoms with Gasteiger partial charge in [-0.25, -0.2) is 4.98 Å². The van der Waals surface area contributed by atoms with E-state index >= 15 is 0 Å². The molecule has 0 unspecified atom stereocenters. The van der Waals surface area contributed by atoms with Gasteiger partial charge in [-0.15, -0.1) is 0 Å². The van der Waals surface area contributed by atoms with Crippen LogP contribution in [0.15, 0.2) is 61.3 Å². The molecule has 0 spiro atoms. The van der Waals surface area contributed by atoms with Crippen molar-refractivity contribution < 1.29 is 0 Å². The number of pyridine rings is 2. The van der Waals surface area contributed by atoms with Gasteiger partial charge in [-0.3, -0.25) is 4.98 Å². The molecule has 0 aliphatic carbocycles. The van der Waals surface area contributed by atoms with E-state index in [1.807, 2.05) is 89.5 Å². The zero-order valence-corrected chi connectivity index (χ0v) is 15.6. The van der Waals surface area contributed by atoms with Crippen molar-refractivity contribution in [2.24, 2.45) is 14.1 Å². The van der Waals surface area contributed by atoms with Gasteiger partial charge in [-0.05, 0) is 30.3 Å². The van der Waals surface area contributed by atoms with E-state index in [9.17, 15) is 0 Å². The average molecular weight is 324 g/mol. The first kappa shape index (κ1) is 19.4. The van der Waals surface area contributed by atoms with Gasteiger partial charge in [-0.2, -0.15) is 0 Å². The zero-order chi connectivity index (χ0) is 17.9. The second-order valence-corrected chi connectivity index (χ2v) is 4.70. The number of nitrogens with zero attached hydrogens (tertiary/aromatic N) is 4. The standard InChI is InChI=1S/2C8H8N2.2C2H6/c1-10-5-3-7-2-4-9-6-8(7)10;1-10-6-4-7-3-2-5-9-8(7)10;2*1-2/h2*2-6H,1H3;2*1-2H3. The van der Waals surface area contributed by atoms with Crippen LogP contribution < -0.4 is 0 Å². The van der Waals surface area contributed by atoms with Crippen LogP contribution in [0.4, 0.5) is 0 Å². The molecule has 0 fully saturated rings. The van der Waals surface area contributed by atoms with Gasteiger partial charge >= 0.3 is 0 Å². The minimum Gasteiger partial charge on any atom is -0.349 e. The Kier molecular flexibility index (Phi) is 8.26. The molecule has 24 heavy (non-hydrogen) atoms. The molecular weight excluding hydrogens is 296 g/mol. The van der Waals surface area contributed by atoms with Crippen LogP contribution in [-0.4, -0.2) is 19.1 Å². The molecule has 0 radical (unpaired) electrons. The summed E-state index contributed by atoms with van der Waals surface area (Å²) in [7, 11) is 4.01. The van der Waals surface area contributed by atoms with Crippen molar-refractivity contribution in [3.8, 4) is 0 Å². The molecule has 0 bridgehead atoms. The molecule has 0 aromatic carbocycles. The molecule has 0 N–H and O–H groups in total. The first-order chi connectivity index (χ1) is 11.8. The smallest absolute Gasteiger partial charge is 0.139 e. The van der Waals surface area contributed by atoms with E-state index in [2.05, 4.69) is 32.7 Å². The summed E-state index contributed by atoms with van der Waals surface area (Å²) >= 11 is 0. The zero-order valence-electron chi connectivity index (χ0n) is 15.6. The van der Waals surface area contributed by atoms with Crippen LogP contribution in [0, 0.1) is 0 Å². The van der Waals surface area contributed by atoms with Crippen molar-refractivity contribution in [1.82, 2.24) is 19.1 Å². The molecule has 4 nitrogen and oxygen atoms in total. The van der Waals surface area contributed by atoms with Crippen LogP contribution >= 0.6 is 0 Å². The third kappa shape index (κ3) is 4.69. The third-order valence-electron chi connectivity index (χ3n) is 3.32. The summed E-state index contributed by atoms with van der Waals surface area (Å²) < 4.78 is 4.07. The lowest BCUT2D eigenvalue weighted by Gasteiger charge is -1.91. The minimum atomic E-state index is 1.04. The van der Waals surface area contributed by atoms with E-state index in [1.165, 1.54) is 16.3 Å². The van der Waals surface area contributed by atoms with Gasteiger partial charge in [0.1, 0.15) is 5.65 Å². The molecule has 0 aliphatic rings. The van der Waals surface area contributed by atoms with E-state index < -0.39 is 0 Å². The van der Waals surface area contributed by atoms with E-state index in [1.54, 1.807) is 0 Å². The van der Waals surface area contributed by atoms with Gasteiger partial charge in [0.05, 0.1) is 11.7 Å². The SMILES string of the molecule is CC.CC.Cn1ccc2cccnc21.Cn1ccc2ccncc21. The Bertz CT molecular complexity index is 771. The number of fused-ring (bicyclic) bond motifs is 2. The van der Waals surface area contributed by atoms with Crippen LogP contribution in [0.2, 0.25) is 0 Å². The second kappa shape index (κ2) is 10.2. The number of rotatable bonds is 0. The Labute approximate surface area is 144 Å². The molecular formula is C20H28N4. The lowest BCUT2D eigenvalue weighted by Crippen LogP contribution is -1.85. The first-order valence-electron chi connectivity index (χ1n) is 8.47. The van der Waals surface area contributed by atoms with Crippen molar-refractivity contribution in [2.75, 3.05) is 0 Å². The van der Waals surface area contributed by atoms with Crippen LogP contribution in [0.25, 0.3) is 21.9 Å². The van der Waals surface area contributed by atoms with E-state index in [0.717, 1.165) is 5.65 Å². The molecule has 128 valence electrons. The Hall–Kier alpha value is -2.62.